The SMILES string of the molecule is CC1CC(C)N(CC2(CNC(C)(C)C)CCCCCC2)C1. The maximum absolute atomic E-state index is 3.83. The van der Waals surface area contributed by atoms with Gasteiger partial charge in [0.15, 0.2) is 0 Å². The second-order valence-corrected chi connectivity index (χ2v) is 9.14. The van der Waals surface area contributed by atoms with E-state index < -0.39 is 0 Å². The third-order valence-corrected chi connectivity index (χ3v) is 5.61. The van der Waals surface area contributed by atoms with Crippen molar-refractivity contribution in [3.63, 3.8) is 0 Å². The molecule has 0 aromatic heterocycles. The molecule has 1 saturated carbocycles. The summed E-state index contributed by atoms with van der Waals surface area (Å²) in [6, 6.07) is 0.787. The van der Waals surface area contributed by atoms with Crippen LogP contribution in [0.3, 0.4) is 0 Å². The van der Waals surface area contributed by atoms with Gasteiger partial charge in [-0.3, -0.25) is 4.90 Å². The van der Waals surface area contributed by atoms with Gasteiger partial charge in [-0.25, -0.2) is 0 Å². The largest absolute Gasteiger partial charge is 0.311 e. The molecule has 2 heteroatoms. The van der Waals surface area contributed by atoms with Gasteiger partial charge >= 0.3 is 0 Å². The highest BCUT2D eigenvalue weighted by Gasteiger charge is 2.37. The lowest BCUT2D eigenvalue weighted by Gasteiger charge is -2.40. The van der Waals surface area contributed by atoms with Crippen molar-refractivity contribution in [3.05, 3.63) is 0 Å². The molecule has 2 aliphatic rings. The van der Waals surface area contributed by atoms with Crippen LogP contribution in [0.25, 0.3) is 0 Å². The van der Waals surface area contributed by atoms with Gasteiger partial charge in [0.05, 0.1) is 0 Å². The predicted octanol–water partition coefficient (Wildman–Crippen LogP) is 4.45. The standard InChI is InChI=1S/C19H38N2/c1-16-12-17(2)21(13-16)15-19(14-20-18(3,4)5)10-8-6-7-9-11-19/h16-17,20H,6-15H2,1-5H3. The molecule has 1 heterocycles. The fourth-order valence-corrected chi connectivity index (χ4v) is 4.36. The Kier molecular flexibility index (Phi) is 5.76. The average molecular weight is 295 g/mol. The number of hydrogen-bond acceptors (Lipinski definition) is 2. The van der Waals surface area contributed by atoms with E-state index in [1.165, 1.54) is 64.6 Å². The van der Waals surface area contributed by atoms with E-state index in [9.17, 15) is 0 Å². The highest BCUT2D eigenvalue weighted by Crippen LogP contribution is 2.38. The molecule has 2 unspecified atom stereocenters. The van der Waals surface area contributed by atoms with Gasteiger partial charge in [-0.15, -0.1) is 0 Å². The lowest BCUT2D eigenvalue weighted by atomic mass is 9.79. The molecular weight excluding hydrogens is 256 g/mol. The smallest absolute Gasteiger partial charge is 0.00967 e. The summed E-state index contributed by atoms with van der Waals surface area (Å²) in [5, 5.41) is 3.83. The lowest BCUT2D eigenvalue weighted by Crippen LogP contribution is -2.49. The maximum atomic E-state index is 3.83. The molecule has 0 bridgehead atoms. The molecule has 0 aromatic rings. The molecule has 1 N–H and O–H groups in total. The number of likely N-dealkylation sites (tertiary alicyclic amines) is 1. The first kappa shape index (κ1) is 17.3. The summed E-state index contributed by atoms with van der Waals surface area (Å²) < 4.78 is 0. The number of hydrogen-bond donors (Lipinski definition) is 1. The van der Waals surface area contributed by atoms with E-state index in [0.29, 0.717) is 5.41 Å². The van der Waals surface area contributed by atoms with E-state index in [4.69, 9.17) is 0 Å². The molecule has 1 aliphatic heterocycles. The average Bonchev–Trinajstić information content (AvgIpc) is 2.59. The van der Waals surface area contributed by atoms with Crippen LogP contribution in [-0.4, -0.2) is 36.1 Å². The Morgan fingerprint density at radius 1 is 1.05 bits per heavy atom. The molecule has 1 aliphatic carbocycles. The zero-order valence-corrected chi connectivity index (χ0v) is 15.2. The van der Waals surface area contributed by atoms with Gasteiger partial charge in [0.2, 0.25) is 0 Å². The van der Waals surface area contributed by atoms with Crippen molar-refractivity contribution in [2.75, 3.05) is 19.6 Å². The number of rotatable bonds is 4. The van der Waals surface area contributed by atoms with E-state index in [1.54, 1.807) is 0 Å². The summed E-state index contributed by atoms with van der Waals surface area (Å²) >= 11 is 0. The second-order valence-electron chi connectivity index (χ2n) is 9.14. The van der Waals surface area contributed by atoms with Crippen LogP contribution in [0.5, 0.6) is 0 Å². The number of nitrogens with one attached hydrogen (secondary N) is 1. The van der Waals surface area contributed by atoms with Crippen LogP contribution in [0.4, 0.5) is 0 Å². The van der Waals surface area contributed by atoms with E-state index >= 15 is 0 Å². The van der Waals surface area contributed by atoms with Gasteiger partial charge in [-0.1, -0.05) is 32.6 Å². The molecule has 0 amide bonds. The summed E-state index contributed by atoms with van der Waals surface area (Å²) in [7, 11) is 0. The van der Waals surface area contributed by atoms with Crippen molar-refractivity contribution in [1.29, 1.82) is 0 Å². The highest BCUT2D eigenvalue weighted by molar-refractivity contribution is 4.92. The minimum Gasteiger partial charge on any atom is -0.311 e. The molecule has 124 valence electrons. The van der Waals surface area contributed by atoms with Crippen LogP contribution in [0.15, 0.2) is 0 Å². The molecule has 2 atom stereocenters. The number of nitrogens with zero attached hydrogens (tertiary/aromatic N) is 1. The van der Waals surface area contributed by atoms with Crippen LogP contribution >= 0.6 is 0 Å². The molecule has 2 rings (SSSR count). The molecule has 0 aromatic carbocycles. The minimum atomic E-state index is 0.239. The van der Waals surface area contributed by atoms with Crippen LogP contribution in [0, 0.1) is 11.3 Å². The van der Waals surface area contributed by atoms with Gasteiger partial charge in [0, 0.05) is 31.2 Å². The topological polar surface area (TPSA) is 15.3 Å². The van der Waals surface area contributed by atoms with Gasteiger partial charge < -0.3 is 5.32 Å². The Bertz CT molecular complexity index is 310. The first-order valence-electron chi connectivity index (χ1n) is 9.29. The molecule has 1 saturated heterocycles. The van der Waals surface area contributed by atoms with E-state index in [-0.39, 0.29) is 5.54 Å². The van der Waals surface area contributed by atoms with Gasteiger partial charge in [-0.2, -0.15) is 0 Å². The summed E-state index contributed by atoms with van der Waals surface area (Å²) in [4.78, 5) is 2.79. The molecule has 2 nitrogen and oxygen atoms in total. The predicted molar refractivity (Wildman–Crippen MR) is 92.7 cm³/mol. The Hall–Kier alpha value is -0.0800. The fraction of sp³-hybridized carbons (Fsp3) is 1.00. The first-order valence-corrected chi connectivity index (χ1v) is 9.29. The van der Waals surface area contributed by atoms with Crippen molar-refractivity contribution >= 4 is 0 Å². The van der Waals surface area contributed by atoms with Crippen molar-refractivity contribution < 1.29 is 0 Å². The molecular formula is C19H38N2. The van der Waals surface area contributed by atoms with Gasteiger partial charge in [-0.05, 0) is 58.3 Å². The Morgan fingerprint density at radius 3 is 2.14 bits per heavy atom. The molecule has 0 spiro atoms. The minimum absolute atomic E-state index is 0.239. The van der Waals surface area contributed by atoms with Crippen molar-refractivity contribution in [1.82, 2.24) is 10.2 Å². The first-order chi connectivity index (χ1) is 9.80. The van der Waals surface area contributed by atoms with Crippen molar-refractivity contribution in [2.24, 2.45) is 11.3 Å². The zero-order valence-electron chi connectivity index (χ0n) is 15.2. The van der Waals surface area contributed by atoms with E-state index in [2.05, 4.69) is 44.8 Å². The fourth-order valence-electron chi connectivity index (χ4n) is 4.36. The zero-order chi connectivity index (χ0) is 15.5. The van der Waals surface area contributed by atoms with Crippen LogP contribution < -0.4 is 5.32 Å². The maximum Gasteiger partial charge on any atom is 0.00967 e. The normalized spacial score (nSPS) is 31.3. The summed E-state index contributed by atoms with van der Waals surface area (Å²) in [6.45, 7) is 15.6. The molecule has 2 fully saturated rings. The molecule has 21 heavy (non-hydrogen) atoms. The second kappa shape index (κ2) is 7.00. The Labute approximate surface area is 133 Å². The third kappa shape index (κ3) is 5.25. The van der Waals surface area contributed by atoms with Crippen molar-refractivity contribution in [3.8, 4) is 0 Å². The highest BCUT2D eigenvalue weighted by atomic mass is 15.2. The summed E-state index contributed by atoms with van der Waals surface area (Å²) in [6.07, 6.45) is 10.0. The summed E-state index contributed by atoms with van der Waals surface area (Å²) in [5.74, 6) is 0.887. The van der Waals surface area contributed by atoms with E-state index in [1.807, 2.05) is 0 Å². The lowest BCUT2D eigenvalue weighted by molar-refractivity contribution is 0.113. The van der Waals surface area contributed by atoms with E-state index in [0.717, 1.165) is 12.0 Å². The van der Waals surface area contributed by atoms with Crippen molar-refractivity contribution in [2.45, 2.75) is 91.1 Å². The van der Waals surface area contributed by atoms with Gasteiger partial charge in [0.25, 0.3) is 0 Å². The Balaban J connectivity index is 2.03. The monoisotopic (exact) mass is 294 g/mol. The van der Waals surface area contributed by atoms with Crippen LogP contribution in [0.2, 0.25) is 0 Å². The molecule has 0 radical (unpaired) electrons. The van der Waals surface area contributed by atoms with Crippen LogP contribution in [-0.2, 0) is 0 Å². The third-order valence-electron chi connectivity index (χ3n) is 5.61. The summed E-state index contributed by atoms with van der Waals surface area (Å²) in [5.41, 5.74) is 0.755. The van der Waals surface area contributed by atoms with Crippen LogP contribution in [0.1, 0.15) is 79.6 Å². The Morgan fingerprint density at radius 2 is 1.67 bits per heavy atom. The quantitative estimate of drug-likeness (QED) is 0.771. The van der Waals surface area contributed by atoms with Gasteiger partial charge in [0.1, 0.15) is 0 Å².